The highest BCUT2D eigenvalue weighted by atomic mass is 16.5. The van der Waals surface area contributed by atoms with Crippen LogP contribution in [0.25, 0.3) is 11.0 Å². The fourth-order valence-electron chi connectivity index (χ4n) is 4.97. The summed E-state index contributed by atoms with van der Waals surface area (Å²) in [5.41, 5.74) is 4.06. The first-order valence-electron chi connectivity index (χ1n) is 13.3. The molecular weight excluding hydrogens is 478 g/mol. The van der Waals surface area contributed by atoms with Gasteiger partial charge in [0.1, 0.15) is 17.1 Å². The fraction of sp³-hybridized carbons (Fsp3) is 0.312. The Morgan fingerprint density at radius 3 is 2.18 bits per heavy atom. The molecular formula is C32H33NO5. The highest BCUT2D eigenvalue weighted by Gasteiger charge is 2.43. The Labute approximate surface area is 222 Å². The summed E-state index contributed by atoms with van der Waals surface area (Å²) < 4.78 is 17.6. The number of unbranched alkanes of at least 4 members (excludes halogenated alkanes) is 2. The van der Waals surface area contributed by atoms with Gasteiger partial charge in [0.25, 0.3) is 5.91 Å². The van der Waals surface area contributed by atoms with Crippen molar-refractivity contribution in [1.29, 1.82) is 0 Å². The van der Waals surface area contributed by atoms with Gasteiger partial charge in [0.15, 0.2) is 5.43 Å². The predicted octanol–water partition coefficient (Wildman–Crippen LogP) is 7.13. The maximum atomic E-state index is 13.9. The minimum atomic E-state index is -0.633. The van der Waals surface area contributed by atoms with Crippen LogP contribution in [-0.4, -0.2) is 19.1 Å². The van der Waals surface area contributed by atoms with Crippen LogP contribution < -0.4 is 19.8 Å². The lowest BCUT2D eigenvalue weighted by molar-refractivity contribution is 0.0971. The molecule has 6 nitrogen and oxygen atoms in total. The van der Waals surface area contributed by atoms with Crippen molar-refractivity contribution < 1.29 is 18.7 Å². The third-order valence-corrected chi connectivity index (χ3v) is 7.12. The second kappa shape index (κ2) is 10.7. The molecule has 6 heteroatoms. The quantitative estimate of drug-likeness (QED) is 0.224. The van der Waals surface area contributed by atoms with Crippen LogP contribution in [0, 0.1) is 13.8 Å². The van der Waals surface area contributed by atoms with Gasteiger partial charge in [-0.1, -0.05) is 31.9 Å². The van der Waals surface area contributed by atoms with Gasteiger partial charge < -0.3 is 13.9 Å². The molecule has 0 N–H and O–H groups in total. The summed E-state index contributed by atoms with van der Waals surface area (Å²) in [6.07, 6.45) is 3.26. The molecule has 38 heavy (non-hydrogen) atoms. The molecule has 196 valence electrons. The van der Waals surface area contributed by atoms with E-state index in [-0.39, 0.29) is 17.1 Å². The van der Waals surface area contributed by atoms with Crippen molar-refractivity contribution in [2.45, 2.75) is 53.0 Å². The SMILES string of the molecule is CCCCCOc1ccc(C2c3c(oc4cc(C)c(C)cc4c3=O)C(=O)N2c2ccc(OCC)cc2)cc1. The van der Waals surface area contributed by atoms with Gasteiger partial charge in [-0.25, -0.2) is 0 Å². The maximum absolute atomic E-state index is 13.9. The summed E-state index contributed by atoms with van der Waals surface area (Å²) in [6, 6.07) is 18.0. The van der Waals surface area contributed by atoms with Gasteiger partial charge in [0.2, 0.25) is 5.76 Å². The zero-order valence-corrected chi connectivity index (χ0v) is 22.4. The van der Waals surface area contributed by atoms with Crippen LogP contribution >= 0.6 is 0 Å². The summed E-state index contributed by atoms with van der Waals surface area (Å²) in [4.78, 5) is 29.4. The van der Waals surface area contributed by atoms with Crippen LogP contribution in [0.2, 0.25) is 0 Å². The number of rotatable bonds is 9. The number of hydrogen-bond donors (Lipinski definition) is 0. The van der Waals surface area contributed by atoms with Crippen molar-refractivity contribution in [3.05, 3.63) is 98.9 Å². The number of amides is 1. The summed E-state index contributed by atoms with van der Waals surface area (Å²) >= 11 is 0. The Morgan fingerprint density at radius 1 is 0.842 bits per heavy atom. The smallest absolute Gasteiger partial charge is 0.295 e. The number of ether oxygens (including phenoxy) is 2. The number of nitrogens with zero attached hydrogens (tertiary/aromatic N) is 1. The number of hydrogen-bond acceptors (Lipinski definition) is 5. The second-order valence-electron chi connectivity index (χ2n) is 9.74. The third kappa shape index (κ3) is 4.67. The molecule has 0 radical (unpaired) electrons. The van der Waals surface area contributed by atoms with Crippen LogP contribution in [0.15, 0.2) is 69.9 Å². The Bertz CT molecular complexity index is 1520. The zero-order chi connectivity index (χ0) is 26.8. The minimum absolute atomic E-state index is 0.0875. The Hall–Kier alpha value is -4.06. The summed E-state index contributed by atoms with van der Waals surface area (Å²) in [6.45, 7) is 9.22. The van der Waals surface area contributed by atoms with Crippen molar-refractivity contribution in [1.82, 2.24) is 0 Å². The lowest BCUT2D eigenvalue weighted by Crippen LogP contribution is -2.29. The van der Waals surface area contributed by atoms with E-state index >= 15 is 0 Å². The summed E-state index contributed by atoms with van der Waals surface area (Å²) in [5, 5.41) is 0.481. The number of aryl methyl sites for hydroxylation is 2. The monoisotopic (exact) mass is 511 g/mol. The zero-order valence-electron chi connectivity index (χ0n) is 22.4. The number of carbonyl (C=O) groups is 1. The Morgan fingerprint density at radius 2 is 1.50 bits per heavy atom. The molecule has 3 aromatic carbocycles. The number of anilines is 1. The average molecular weight is 512 g/mol. The molecule has 1 aliphatic rings. The van der Waals surface area contributed by atoms with Gasteiger partial charge in [-0.05, 0) is 92.4 Å². The first kappa shape index (κ1) is 25.6. The standard InChI is InChI=1S/C32H33NO5/c1-5-7-8-17-37-25-13-9-22(10-14-25)29-28-30(34)26-18-20(3)21(4)19-27(26)38-31(28)32(35)33(29)23-11-15-24(16-12-23)36-6-2/h9-16,18-19,29H,5-8,17H2,1-4H3. The summed E-state index contributed by atoms with van der Waals surface area (Å²) in [5.74, 6) is 1.22. The van der Waals surface area contributed by atoms with Crippen LogP contribution in [0.3, 0.4) is 0 Å². The topological polar surface area (TPSA) is 69.0 Å². The van der Waals surface area contributed by atoms with E-state index in [1.165, 1.54) is 0 Å². The normalized spacial score (nSPS) is 14.7. The highest BCUT2D eigenvalue weighted by molar-refractivity contribution is 6.10. The Kier molecular flexibility index (Phi) is 7.23. The van der Waals surface area contributed by atoms with Crippen molar-refractivity contribution in [2.24, 2.45) is 0 Å². The maximum Gasteiger partial charge on any atom is 0.295 e. The van der Waals surface area contributed by atoms with E-state index in [9.17, 15) is 9.59 Å². The van der Waals surface area contributed by atoms with Crippen molar-refractivity contribution in [2.75, 3.05) is 18.1 Å². The van der Waals surface area contributed by atoms with E-state index in [1.54, 1.807) is 4.90 Å². The number of carbonyl (C=O) groups excluding carboxylic acids is 1. The van der Waals surface area contributed by atoms with Gasteiger partial charge in [-0.15, -0.1) is 0 Å². The van der Waals surface area contributed by atoms with Gasteiger partial charge in [0.05, 0.1) is 30.2 Å². The van der Waals surface area contributed by atoms with E-state index in [4.69, 9.17) is 13.9 Å². The first-order chi connectivity index (χ1) is 18.4. The molecule has 0 saturated carbocycles. The minimum Gasteiger partial charge on any atom is -0.494 e. The molecule has 1 unspecified atom stereocenters. The molecule has 0 spiro atoms. The molecule has 0 saturated heterocycles. The average Bonchev–Trinajstić information content (AvgIpc) is 3.21. The highest BCUT2D eigenvalue weighted by Crippen LogP contribution is 2.42. The Balaban J connectivity index is 1.62. The summed E-state index contributed by atoms with van der Waals surface area (Å²) in [7, 11) is 0. The molecule has 5 rings (SSSR count). The number of fused-ring (bicyclic) bond motifs is 2. The second-order valence-corrected chi connectivity index (χ2v) is 9.74. The van der Waals surface area contributed by atoms with Crippen molar-refractivity contribution in [3.8, 4) is 11.5 Å². The lowest BCUT2D eigenvalue weighted by Gasteiger charge is -2.25. The van der Waals surface area contributed by atoms with Crippen LogP contribution in [-0.2, 0) is 0 Å². The van der Waals surface area contributed by atoms with Crippen LogP contribution in [0.1, 0.15) is 72.0 Å². The molecule has 1 aromatic heterocycles. The molecule has 1 atom stereocenters. The van der Waals surface area contributed by atoms with Crippen LogP contribution in [0.5, 0.6) is 11.5 Å². The predicted molar refractivity (Wildman–Crippen MR) is 150 cm³/mol. The third-order valence-electron chi connectivity index (χ3n) is 7.12. The lowest BCUT2D eigenvalue weighted by atomic mass is 9.97. The first-order valence-corrected chi connectivity index (χ1v) is 13.3. The fourth-order valence-corrected chi connectivity index (χ4v) is 4.97. The van der Waals surface area contributed by atoms with E-state index in [0.29, 0.717) is 41.2 Å². The molecule has 2 heterocycles. The van der Waals surface area contributed by atoms with Gasteiger partial charge in [-0.3, -0.25) is 14.5 Å². The van der Waals surface area contributed by atoms with Crippen molar-refractivity contribution in [3.63, 3.8) is 0 Å². The van der Waals surface area contributed by atoms with E-state index in [2.05, 4.69) is 6.92 Å². The molecule has 1 aliphatic heterocycles. The van der Waals surface area contributed by atoms with Crippen molar-refractivity contribution >= 4 is 22.6 Å². The van der Waals surface area contributed by atoms with E-state index < -0.39 is 6.04 Å². The molecule has 1 amide bonds. The number of benzene rings is 3. The largest absolute Gasteiger partial charge is 0.494 e. The van der Waals surface area contributed by atoms with E-state index in [0.717, 1.165) is 41.7 Å². The van der Waals surface area contributed by atoms with Crippen LogP contribution in [0.4, 0.5) is 5.69 Å². The van der Waals surface area contributed by atoms with Gasteiger partial charge in [-0.2, -0.15) is 0 Å². The molecule has 0 bridgehead atoms. The molecule has 4 aromatic rings. The van der Waals surface area contributed by atoms with E-state index in [1.807, 2.05) is 81.4 Å². The van der Waals surface area contributed by atoms with Gasteiger partial charge in [0, 0.05) is 5.69 Å². The van der Waals surface area contributed by atoms with Gasteiger partial charge >= 0.3 is 0 Å². The molecule has 0 fully saturated rings. The molecule has 0 aliphatic carbocycles.